The van der Waals surface area contributed by atoms with Crippen LogP contribution in [0.25, 0.3) is 0 Å². The van der Waals surface area contributed by atoms with Crippen LogP contribution in [-0.2, 0) is 16.0 Å². The van der Waals surface area contributed by atoms with Gasteiger partial charge in [0.25, 0.3) is 0 Å². The SMILES string of the molecule is CCCNC(=O)CN(C)CC(=O)N[C@@H]1CCCc2ccccc21. The smallest absolute Gasteiger partial charge is 0.234 e. The molecule has 0 spiro atoms. The lowest BCUT2D eigenvalue weighted by atomic mass is 9.88. The molecule has 1 aliphatic rings. The Hall–Kier alpha value is -1.88. The van der Waals surface area contributed by atoms with Gasteiger partial charge in [0.15, 0.2) is 0 Å². The summed E-state index contributed by atoms with van der Waals surface area (Å²) in [6, 6.07) is 8.40. The average Bonchev–Trinajstić information content (AvgIpc) is 2.53. The van der Waals surface area contributed by atoms with Crippen LogP contribution in [0, 0.1) is 0 Å². The summed E-state index contributed by atoms with van der Waals surface area (Å²) in [5.74, 6) is -0.0670. The van der Waals surface area contributed by atoms with E-state index < -0.39 is 0 Å². The monoisotopic (exact) mass is 317 g/mol. The molecule has 1 aromatic rings. The summed E-state index contributed by atoms with van der Waals surface area (Å²) in [5, 5.41) is 5.93. The average molecular weight is 317 g/mol. The minimum absolute atomic E-state index is 0.0301. The normalized spacial score (nSPS) is 16.7. The van der Waals surface area contributed by atoms with Gasteiger partial charge in [-0.3, -0.25) is 14.5 Å². The van der Waals surface area contributed by atoms with Crippen molar-refractivity contribution in [3.05, 3.63) is 35.4 Å². The molecule has 126 valence electrons. The van der Waals surface area contributed by atoms with Gasteiger partial charge < -0.3 is 10.6 Å². The van der Waals surface area contributed by atoms with Crippen LogP contribution in [-0.4, -0.2) is 43.4 Å². The van der Waals surface area contributed by atoms with Gasteiger partial charge in [0.05, 0.1) is 19.1 Å². The molecule has 0 saturated heterocycles. The molecular formula is C18H27N3O2. The summed E-state index contributed by atoms with van der Waals surface area (Å²) in [6.45, 7) is 3.17. The van der Waals surface area contributed by atoms with Gasteiger partial charge in [0, 0.05) is 6.54 Å². The minimum Gasteiger partial charge on any atom is -0.355 e. The van der Waals surface area contributed by atoms with Crippen molar-refractivity contribution >= 4 is 11.8 Å². The number of carbonyl (C=O) groups excluding carboxylic acids is 2. The predicted molar refractivity (Wildman–Crippen MR) is 91.1 cm³/mol. The highest BCUT2D eigenvalue weighted by Crippen LogP contribution is 2.29. The molecule has 1 aromatic carbocycles. The van der Waals surface area contributed by atoms with E-state index >= 15 is 0 Å². The fraction of sp³-hybridized carbons (Fsp3) is 0.556. The second-order valence-corrected chi connectivity index (χ2v) is 6.23. The van der Waals surface area contributed by atoms with Crippen molar-refractivity contribution in [1.82, 2.24) is 15.5 Å². The standard InChI is InChI=1S/C18H27N3O2/c1-3-11-19-17(22)12-21(2)13-18(23)20-16-10-6-8-14-7-4-5-9-15(14)16/h4-5,7,9,16H,3,6,8,10-13H2,1-2H3,(H,19,22)(H,20,23)/t16-/m1/s1. The summed E-state index contributed by atoms with van der Waals surface area (Å²) in [4.78, 5) is 25.7. The number of rotatable bonds is 7. The topological polar surface area (TPSA) is 61.4 Å². The lowest BCUT2D eigenvalue weighted by Gasteiger charge is -2.27. The Kier molecular flexibility index (Phi) is 6.59. The molecule has 5 nitrogen and oxygen atoms in total. The van der Waals surface area contributed by atoms with Gasteiger partial charge in [-0.1, -0.05) is 31.2 Å². The second-order valence-electron chi connectivity index (χ2n) is 6.23. The van der Waals surface area contributed by atoms with Crippen LogP contribution in [0.2, 0.25) is 0 Å². The van der Waals surface area contributed by atoms with E-state index in [1.54, 1.807) is 11.9 Å². The molecule has 0 fully saturated rings. The minimum atomic E-state index is -0.0369. The third-order valence-corrected chi connectivity index (χ3v) is 4.10. The highest BCUT2D eigenvalue weighted by molar-refractivity contribution is 5.81. The van der Waals surface area contributed by atoms with Crippen molar-refractivity contribution in [3.8, 4) is 0 Å². The van der Waals surface area contributed by atoms with Gasteiger partial charge in [-0.15, -0.1) is 0 Å². The molecule has 0 aromatic heterocycles. The molecule has 0 saturated carbocycles. The van der Waals surface area contributed by atoms with E-state index in [4.69, 9.17) is 0 Å². The Morgan fingerprint density at radius 3 is 2.74 bits per heavy atom. The highest BCUT2D eigenvalue weighted by atomic mass is 16.2. The van der Waals surface area contributed by atoms with Crippen LogP contribution in [0.1, 0.15) is 43.4 Å². The quantitative estimate of drug-likeness (QED) is 0.804. The Labute approximate surface area is 138 Å². The maximum atomic E-state index is 12.2. The van der Waals surface area contributed by atoms with Crippen molar-refractivity contribution in [2.75, 3.05) is 26.7 Å². The number of hydrogen-bond acceptors (Lipinski definition) is 3. The number of aryl methyl sites for hydroxylation is 1. The summed E-state index contributed by atoms with van der Waals surface area (Å²) >= 11 is 0. The fourth-order valence-corrected chi connectivity index (χ4v) is 3.01. The number of likely N-dealkylation sites (N-methyl/N-ethyl adjacent to an activating group) is 1. The molecule has 5 heteroatoms. The van der Waals surface area contributed by atoms with Crippen LogP contribution in [0.15, 0.2) is 24.3 Å². The fourth-order valence-electron chi connectivity index (χ4n) is 3.01. The van der Waals surface area contributed by atoms with E-state index in [1.807, 2.05) is 19.1 Å². The van der Waals surface area contributed by atoms with Gasteiger partial charge in [0.2, 0.25) is 11.8 Å². The zero-order valence-electron chi connectivity index (χ0n) is 14.1. The molecule has 0 heterocycles. The van der Waals surface area contributed by atoms with Crippen LogP contribution in [0.5, 0.6) is 0 Å². The number of carbonyl (C=O) groups is 2. The van der Waals surface area contributed by atoms with E-state index in [9.17, 15) is 9.59 Å². The Balaban J connectivity index is 1.82. The lowest BCUT2D eigenvalue weighted by Crippen LogP contribution is -2.42. The largest absolute Gasteiger partial charge is 0.355 e. The van der Waals surface area contributed by atoms with Crippen LogP contribution in [0.4, 0.5) is 0 Å². The highest BCUT2D eigenvalue weighted by Gasteiger charge is 2.21. The summed E-state index contributed by atoms with van der Waals surface area (Å²) in [7, 11) is 1.79. The van der Waals surface area contributed by atoms with E-state index in [1.165, 1.54) is 11.1 Å². The predicted octanol–water partition coefficient (Wildman–Crippen LogP) is 1.64. The zero-order chi connectivity index (χ0) is 16.7. The van der Waals surface area contributed by atoms with Crippen molar-refractivity contribution < 1.29 is 9.59 Å². The Morgan fingerprint density at radius 1 is 1.22 bits per heavy atom. The Morgan fingerprint density at radius 2 is 1.96 bits per heavy atom. The first-order valence-corrected chi connectivity index (χ1v) is 8.42. The first-order chi connectivity index (χ1) is 11.1. The van der Waals surface area contributed by atoms with E-state index in [0.29, 0.717) is 6.54 Å². The summed E-state index contributed by atoms with van der Waals surface area (Å²) in [6.07, 6.45) is 4.07. The maximum absolute atomic E-state index is 12.2. The number of hydrogen-bond donors (Lipinski definition) is 2. The van der Waals surface area contributed by atoms with Gasteiger partial charge >= 0.3 is 0 Å². The van der Waals surface area contributed by atoms with Gasteiger partial charge in [-0.2, -0.15) is 0 Å². The van der Waals surface area contributed by atoms with Crippen molar-refractivity contribution in [3.63, 3.8) is 0 Å². The maximum Gasteiger partial charge on any atom is 0.234 e. The first-order valence-electron chi connectivity index (χ1n) is 8.42. The number of benzene rings is 1. The van der Waals surface area contributed by atoms with E-state index in [2.05, 4.69) is 22.8 Å². The second kappa shape index (κ2) is 8.67. The molecule has 1 atom stereocenters. The van der Waals surface area contributed by atoms with Crippen molar-refractivity contribution in [1.29, 1.82) is 0 Å². The van der Waals surface area contributed by atoms with E-state index in [0.717, 1.165) is 25.7 Å². The summed E-state index contributed by atoms with van der Waals surface area (Å²) in [5.41, 5.74) is 2.56. The molecule has 0 radical (unpaired) electrons. The lowest BCUT2D eigenvalue weighted by molar-refractivity contribution is -0.125. The molecule has 2 amide bonds. The van der Waals surface area contributed by atoms with Gasteiger partial charge in [-0.05, 0) is 43.9 Å². The number of nitrogens with one attached hydrogen (secondary N) is 2. The van der Waals surface area contributed by atoms with Crippen LogP contribution in [0.3, 0.4) is 0 Å². The zero-order valence-corrected chi connectivity index (χ0v) is 14.1. The molecule has 0 unspecified atom stereocenters. The molecular weight excluding hydrogens is 290 g/mol. The van der Waals surface area contributed by atoms with Crippen molar-refractivity contribution in [2.24, 2.45) is 0 Å². The van der Waals surface area contributed by atoms with Gasteiger partial charge in [0.1, 0.15) is 0 Å². The molecule has 0 bridgehead atoms. The molecule has 0 aliphatic heterocycles. The third-order valence-electron chi connectivity index (χ3n) is 4.10. The third kappa shape index (κ3) is 5.36. The van der Waals surface area contributed by atoms with Gasteiger partial charge in [-0.25, -0.2) is 0 Å². The molecule has 2 rings (SSSR count). The number of nitrogens with zero attached hydrogens (tertiary/aromatic N) is 1. The Bertz CT molecular complexity index is 545. The van der Waals surface area contributed by atoms with Crippen molar-refractivity contribution in [2.45, 2.75) is 38.6 Å². The molecule has 1 aliphatic carbocycles. The number of fused-ring (bicyclic) bond motifs is 1. The molecule has 23 heavy (non-hydrogen) atoms. The van der Waals surface area contributed by atoms with E-state index in [-0.39, 0.29) is 30.9 Å². The number of amides is 2. The molecule has 2 N–H and O–H groups in total. The summed E-state index contributed by atoms with van der Waals surface area (Å²) < 4.78 is 0. The van der Waals surface area contributed by atoms with Crippen LogP contribution >= 0.6 is 0 Å². The van der Waals surface area contributed by atoms with Crippen LogP contribution < -0.4 is 10.6 Å². The first kappa shape index (κ1) is 17.5.